The topological polar surface area (TPSA) is 173 Å². The Hall–Kier alpha value is -12.3. The lowest BCUT2D eigenvalue weighted by atomic mass is 9.94. The average molecular weight is 2000 g/mol. The van der Waals surface area contributed by atoms with Crippen molar-refractivity contribution in [3.05, 3.63) is 368 Å². The number of halogens is 16. The number of benzene rings is 12. The molecule has 0 aromatic heterocycles. The van der Waals surface area contributed by atoms with E-state index in [1.54, 1.807) is 239 Å². The maximum Gasteiger partial charge on any atom is 0.416 e. The molecule has 12 aromatic carbocycles. The highest BCUT2D eigenvalue weighted by molar-refractivity contribution is 7.90. The van der Waals surface area contributed by atoms with Gasteiger partial charge in [-0.1, -0.05) is 121 Å². The van der Waals surface area contributed by atoms with Crippen LogP contribution in [0.4, 0.5) is 75.4 Å². The monoisotopic (exact) mass is 2000 g/mol. The minimum absolute atomic E-state index is 0.0469. The van der Waals surface area contributed by atoms with Crippen LogP contribution in [-0.2, 0) is 53.7 Å². The molecule has 16 rings (SSSR count). The number of rotatable bonds is 28. The number of aliphatic hydroxyl groups excluding tert-OH is 1. The van der Waals surface area contributed by atoms with E-state index in [0.717, 1.165) is 74.0 Å². The lowest BCUT2D eigenvalue weighted by molar-refractivity contribution is -0.138. The predicted molar refractivity (Wildman–Crippen MR) is 511 cm³/mol. The zero-order valence-corrected chi connectivity index (χ0v) is 78.1. The van der Waals surface area contributed by atoms with E-state index in [0.29, 0.717) is 162 Å². The first-order valence-corrected chi connectivity index (χ1v) is 47.8. The number of carbonyl (C=O) groups is 4. The number of sulfone groups is 1. The maximum atomic E-state index is 13.4. The molecule has 8 atom stereocenters. The highest BCUT2D eigenvalue weighted by atomic mass is 35.5. The second-order valence-corrected chi connectivity index (χ2v) is 37.6. The first-order valence-electron chi connectivity index (χ1n) is 44.2. The van der Waals surface area contributed by atoms with Crippen LogP contribution in [0.3, 0.4) is 0 Å². The minimum Gasteiger partial charge on any atom is -0.457 e. The number of hydrogen-bond acceptors (Lipinski definition) is 11. The number of aliphatic hydroxyl groups is 1. The highest BCUT2D eigenvalue weighted by Gasteiger charge is 2.47. The van der Waals surface area contributed by atoms with Gasteiger partial charge in [0.05, 0.1) is 46.4 Å². The molecule has 0 bridgehead atoms. The molecule has 0 aliphatic carbocycles. The average Bonchev–Trinajstić information content (AvgIpc) is 1.64. The number of anilines is 4. The molecule has 1 N–H and O–H groups in total. The number of carbonyl (C=O) groups excluding carboxylic acids is 4. The Bertz CT molecular complexity index is 6110. The fourth-order valence-corrected chi connectivity index (χ4v) is 18.3. The zero-order valence-electron chi connectivity index (χ0n) is 74.3. The molecule has 4 amide bonds. The Morgan fingerprint density at radius 1 is 0.341 bits per heavy atom. The van der Waals surface area contributed by atoms with Crippen molar-refractivity contribution in [3.63, 3.8) is 0 Å². The summed E-state index contributed by atoms with van der Waals surface area (Å²) in [5, 5.41) is 11.6. The van der Waals surface area contributed by atoms with Crippen molar-refractivity contribution in [2.75, 3.05) is 38.2 Å². The Labute approximate surface area is 811 Å². The Morgan fingerprint density at radius 2 is 0.558 bits per heavy atom. The van der Waals surface area contributed by atoms with Crippen molar-refractivity contribution in [2.45, 2.75) is 133 Å². The molecule has 4 aliphatic heterocycles. The van der Waals surface area contributed by atoms with Crippen molar-refractivity contribution in [1.82, 2.24) is 0 Å². The lowest BCUT2D eigenvalue weighted by Gasteiger charge is -2.26. The van der Waals surface area contributed by atoms with Gasteiger partial charge >= 0.3 is 24.7 Å². The molecule has 0 unspecified atom stereocenters. The van der Waals surface area contributed by atoms with E-state index >= 15 is 0 Å². The van der Waals surface area contributed by atoms with Gasteiger partial charge in [0.2, 0.25) is 23.6 Å². The summed E-state index contributed by atoms with van der Waals surface area (Å²) in [5.41, 5.74) is 1.08. The molecule has 32 heteroatoms. The summed E-state index contributed by atoms with van der Waals surface area (Å²) >= 11 is 23.6. The van der Waals surface area contributed by atoms with Gasteiger partial charge in [-0.2, -0.15) is 52.7 Å². The van der Waals surface area contributed by atoms with Crippen LogP contribution in [0.1, 0.15) is 153 Å². The summed E-state index contributed by atoms with van der Waals surface area (Å²) in [4.78, 5) is 59.5. The number of unbranched alkanes of at least 4 members (excludes halogenated alkanes) is 1. The SMILES string of the molecule is C=CC[C@H]1C[C@H](c2cccc(C(F)(F)F)c2)N(c2ccc(Oc3ccc(Cl)cc3)cc2)C1=O.CCCC[C@H]1C[C@H](c2cccc(C(F)(F)F)c2)N(c2ccc(Oc3ccc(Cl)cc3)cc2)C1=O.CS(=O)(=O)CCC[C@H]1C[C@H](c2cccc(C(F)(F)F)c2)N(c2ccc(Oc3ccc(Cl)cc3)cc2)C1=O.O=C1[C@@H](CCCO)C[C@H](c2cccc(C(F)(F)F)c2)N1c1ccc(Oc2ccc(Cl)cc2)cc1. The molecule has 0 spiro atoms. The Balaban J connectivity index is 0.000000155. The van der Waals surface area contributed by atoms with Crippen molar-refractivity contribution >= 4 is 103 Å². The second-order valence-electron chi connectivity index (χ2n) is 33.6. The predicted octanol–water partition coefficient (Wildman–Crippen LogP) is 30.3. The summed E-state index contributed by atoms with van der Waals surface area (Å²) < 4.78 is 206. The fourth-order valence-electron chi connectivity index (χ4n) is 17.1. The molecule has 0 radical (unpaired) electrons. The second kappa shape index (κ2) is 45.5. The van der Waals surface area contributed by atoms with Gasteiger partial charge in [0.15, 0.2) is 0 Å². The molecule has 4 saturated heterocycles. The van der Waals surface area contributed by atoms with Crippen molar-refractivity contribution < 1.29 is 104 Å². The van der Waals surface area contributed by atoms with Crippen LogP contribution < -0.4 is 38.5 Å². The van der Waals surface area contributed by atoms with Gasteiger partial charge in [-0.05, 0) is 329 Å². The van der Waals surface area contributed by atoms with E-state index in [2.05, 4.69) is 13.5 Å². The van der Waals surface area contributed by atoms with Crippen molar-refractivity contribution in [1.29, 1.82) is 0 Å². The van der Waals surface area contributed by atoms with Gasteiger partial charge in [0.25, 0.3) is 0 Å². The summed E-state index contributed by atoms with van der Waals surface area (Å²) in [6, 6.07) is 73.5. The van der Waals surface area contributed by atoms with E-state index in [1.807, 2.05) is 0 Å². The van der Waals surface area contributed by atoms with Crippen LogP contribution in [0.2, 0.25) is 20.1 Å². The van der Waals surface area contributed by atoms with E-state index in [4.69, 9.17) is 65.4 Å². The molecule has 722 valence electrons. The third kappa shape index (κ3) is 27.2. The smallest absolute Gasteiger partial charge is 0.416 e. The molecule has 0 saturated carbocycles. The summed E-state index contributed by atoms with van der Waals surface area (Å²) in [6.45, 7) is 5.72. The van der Waals surface area contributed by atoms with Crippen molar-refractivity contribution in [2.24, 2.45) is 23.7 Å². The largest absolute Gasteiger partial charge is 0.457 e. The lowest BCUT2D eigenvalue weighted by Crippen LogP contribution is -2.29. The highest BCUT2D eigenvalue weighted by Crippen LogP contribution is 2.50. The summed E-state index contributed by atoms with van der Waals surface area (Å²) in [7, 11) is -3.19. The molecule has 12 aromatic rings. The van der Waals surface area contributed by atoms with Crippen LogP contribution in [0.15, 0.2) is 304 Å². The standard InChI is InChI=1S/C27H25ClF3NO4S.C27H25ClF3NO2.C26H23ClF3NO3.C26H21ClF3NO2/c1-37(34,35)15-3-5-19-17-25(18-4-2-6-20(16-18)27(29,30)31)32(26(19)33)22-9-13-24(14-10-22)36-23-11-7-21(28)8-12-23;1-2-3-5-19-17-25(18-6-4-7-20(16-18)27(29,30)31)32(26(19)33)22-10-14-24(15-11-22)34-23-12-8-21(28)9-13-23;27-20-6-10-22(11-7-20)34-23-12-8-21(9-13-23)31-24(16-18(25(31)33)4-2-14-32)17-3-1-5-19(15-17)26(28,29)30;1-2-4-18-16-24(17-5-3-6-19(15-17)26(28,29)30)31(25(18)32)21-9-13-23(14-10-21)33-22-11-7-20(27)8-12-22/h2,4,6-14,16,19,25H,3,5,15,17H2,1H3;4,6-16,19,25H,2-3,5,17H2,1H3;1,3,5-13,15,18,24,32H,2,4,14,16H2;2-3,5-15,18,24H,1,4,16H2/t2*19-,25+;2*18-,24+/m0000/s1. The molecule has 15 nitrogen and oxygen atoms in total. The number of nitrogens with zero attached hydrogens (tertiary/aromatic N) is 4. The van der Waals surface area contributed by atoms with Gasteiger partial charge in [0, 0.05) is 85.1 Å². The normalized spacial score (nSPS) is 18.4. The Kier molecular flexibility index (Phi) is 34.0. The van der Waals surface area contributed by atoms with Crippen molar-refractivity contribution in [3.8, 4) is 46.0 Å². The number of alkyl halides is 12. The van der Waals surface area contributed by atoms with E-state index in [-0.39, 0.29) is 60.2 Å². The van der Waals surface area contributed by atoms with Gasteiger partial charge in [-0.15, -0.1) is 6.58 Å². The van der Waals surface area contributed by atoms with Crippen LogP contribution in [0.5, 0.6) is 46.0 Å². The van der Waals surface area contributed by atoms with E-state index < -0.39 is 86.9 Å². The van der Waals surface area contributed by atoms with Gasteiger partial charge < -0.3 is 43.7 Å². The van der Waals surface area contributed by atoms with Crippen LogP contribution >= 0.6 is 46.4 Å². The molecule has 4 heterocycles. The number of amides is 4. The fraction of sp³-hybridized carbons (Fsp3) is 0.264. The maximum absolute atomic E-state index is 13.4. The molecule has 4 aliphatic rings. The summed E-state index contributed by atoms with van der Waals surface area (Å²) in [6.07, 6.45) is -8.93. The van der Waals surface area contributed by atoms with E-state index in [9.17, 15) is 85.4 Å². The molecule has 138 heavy (non-hydrogen) atoms. The van der Waals surface area contributed by atoms with Gasteiger partial charge in [-0.25, -0.2) is 8.42 Å². The molecule has 4 fully saturated rings. The third-order valence-electron chi connectivity index (χ3n) is 23.8. The van der Waals surface area contributed by atoms with Crippen LogP contribution in [0, 0.1) is 23.7 Å². The van der Waals surface area contributed by atoms with E-state index in [1.165, 1.54) is 29.2 Å². The molecular formula is C106H94Cl4F12N4O11S. The number of hydrogen-bond donors (Lipinski definition) is 1. The van der Waals surface area contributed by atoms with Gasteiger partial charge in [-0.3, -0.25) is 19.2 Å². The zero-order chi connectivity index (χ0) is 99.0. The molecular weight excluding hydrogens is 1910 g/mol. The first-order chi connectivity index (χ1) is 65.7. The third-order valence-corrected chi connectivity index (χ3v) is 25.9. The van der Waals surface area contributed by atoms with Crippen LogP contribution in [0.25, 0.3) is 0 Å². The summed E-state index contributed by atoms with van der Waals surface area (Å²) in [5.74, 6) is 2.50. The Morgan fingerprint density at radius 3 is 0.775 bits per heavy atom. The first kappa shape index (κ1) is 103. The minimum atomic E-state index is -4.51. The number of ether oxygens (including phenoxy) is 4. The van der Waals surface area contributed by atoms with Crippen LogP contribution in [-0.4, -0.2) is 55.8 Å². The quantitative estimate of drug-likeness (QED) is 0.0365. The number of allylic oxidation sites excluding steroid dienone is 1. The van der Waals surface area contributed by atoms with Gasteiger partial charge in [0.1, 0.15) is 55.8 Å².